The zero-order valence-corrected chi connectivity index (χ0v) is 10.5. The minimum Gasteiger partial charge on any atom is -0.480 e. The molecule has 0 aromatic heterocycles. The zero-order valence-electron chi connectivity index (χ0n) is 10.5. The molecule has 19 heavy (non-hydrogen) atoms. The normalized spacial score (nSPS) is 12.3. The third-order valence-corrected chi connectivity index (χ3v) is 2.62. The van der Waals surface area contributed by atoms with E-state index in [1.807, 2.05) is 0 Å². The summed E-state index contributed by atoms with van der Waals surface area (Å²) in [5, 5.41) is 11.0. The number of carbonyl (C=O) groups is 2. The number of halogens is 2. The smallest absolute Gasteiger partial charge is 0.320 e. The molecule has 0 radical (unpaired) electrons. The molecule has 1 rings (SSSR count). The van der Waals surface area contributed by atoms with Crippen LogP contribution in [0.4, 0.5) is 14.5 Å². The minimum atomic E-state index is -1.07. The van der Waals surface area contributed by atoms with Crippen molar-refractivity contribution in [3.8, 4) is 0 Å². The average molecular weight is 272 g/mol. The minimum absolute atomic E-state index is 0.150. The molecular formula is C12H14F2N2O3. The Morgan fingerprint density at radius 3 is 2.58 bits per heavy atom. The zero-order chi connectivity index (χ0) is 14.6. The van der Waals surface area contributed by atoms with E-state index in [1.54, 1.807) is 0 Å². The molecule has 1 amide bonds. The monoisotopic (exact) mass is 272 g/mol. The maximum Gasteiger partial charge on any atom is 0.320 e. The van der Waals surface area contributed by atoms with Gasteiger partial charge in [-0.1, -0.05) is 0 Å². The Morgan fingerprint density at radius 1 is 1.42 bits per heavy atom. The third kappa shape index (κ3) is 4.29. The molecule has 0 fully saturated rings. The van der Waals surface area contributed by atoms with Gasteiger partial charge >= 0.3 is 5.97 Å². The first-order valence-corrected chi connectivity index (χ1v) is 5.49. The van der Waals surface area contributed by atoms with Gasteiger partial charge in [-0.2, -0.15) is 0 Å². The SMILES string of the molecule is CC(C(=O)O)N(C)CC(=O)Nc1ccc(F)cc1F. The number of nitrogens with zero attached hydrogens (tertiary/aromatic N) is 1. The first-order valence-electron chi connectivity index (χ1n) is 5.49. The number of anilines is 1. The summed E-state index contributed by atoms with van der Waals surface area (Å²) >= 11 is 0. The lowest BCUT2D eigenvalue weighted by Gasteiger charge is -2.20. The summed E-state index contributed by atoms with van der Waals surface area (Å²) in [7, 11) is 1.46. The number of carboxylic acid groups (broad SMARTS) is 1. The molecule has 0 saturated heterocycles. The summed E-state index contributed by atoms with van der Waals surface area (Å²) in [5.74, 6) is -3.28. The number of likely N-dealkylation sites (N-methyl/N-ethyl adjacent to an activating group) is 1. The Morgan fingerprint density at radius 2 is 2.05 bits per heavy atom. The number of rotatable bonds is 5. The van der Waals surface area contributed by atoms with Crippen LogP contribution in [0.1, 0.15) is 6.92 Å². The van der Waals surface area contributed by atoms with Crippen LogP contribution in [-0.4, -0.2) is 41.5 Å². The van der Waals surface area contributed by atoms with Crippen LogP contribution >= 0.6 is 0 Å². The van der Waals surface area contributed by atoms with Crippen molar-refractivity contribution in [2.24, 2.45) is 0 Å². The summed E-state index contributed by atoms with van der Waals surface area (Å²) in [4.78, 5) is 23.6. The van der Waals surface area contributed by atoms with Crippen LogP contribution in [0.25, 0.3) is 0 Å². The van der Waals surface area contributed by atoms with E-state index in [-0.39, 0.29) is 12.2 Å². The highest BCUT2D eigenvalue weighted by Gasteiger charge is 2.19. The highest BCUT2D eigenvalue weighted by Crippen LogP contribution is 2.14. The fraction of sp³-hybridized carbons (Fsp3) is 0.333. The van der Waals surface area contributed by atoms with E-state index in [0.29, 0.717) is 6.07 Å². The van der Waals surface area contributed by atoms with Gasteiger partial charge in [-0.25, -0.2) is 8.78 Å². The van der Waals surface area contributed by atoms with Crippen molar-refractivity contribution in [1.29, 1.82) is 0 Å². The van der Waals surface area contributed by atoms with Gasteiger partial charge in [-0.15, -0.1) is 0 Å². The van der Waals surface area contributed by atoms with Crippen molar-refractivity contribution >= 4 is 17.6 Å². The molecule has 0 bridgehead atoms. The van der Waals surface area contributed by atoms with Crippen molar-refractivity contribution in [2.45, 2.75) is 13.0 Å². The lowest BCUT2D eigenvalue weighted by molar-refractivity contribution is -0.142. The van der Waals surface area contributed by atoms with E-state index < -0.39 is 29.6 Å². The Labute approximate surface area is 108 Å². The second kappa shape index (κ2) is 6.24. The lowest BCUT2D eigenvalue weighted by Crippen LogP contribution is -2.40. The van der Waals surface area contributed by atoms with Crippen molar-refractivity contribution in [3.05, 3.63) is 29.8 Å². The third-order valence-electron chi connectivity index (χ3n) is 2.62. The number of nitrogens with one attached hydrogen (secondary N) is 1. The van der Waals surface area contributed by atoms with Gasteiger partial charge in [0.1, 0.15) is 17.7 Å². The molecular weight excluding hydrogens is 258 g/mol. The second-order valence-corrected chi connectivity index (χ2v) is 4.10. The first-order chi connectivity index (χ1) is 8.81. The summed E-state index contributed by atoms with van der Waals surface area (Å²) in [6, 6.07) is 1.92. The van der Waals surface area contributed by atoms with Gasteiger partial charge in [0.25, 0.3) is 0 Å². The summed E-state index contributed by atoms with van der Waals surface area (Å²) in [6.07, 6.45) is 0. The predicted molar refractivity (Wildman–Crippen MR) is 64.7 cm³/mol. The van der Waals surface area contributed by atoms with E-state index in [1.165, 1.54) is 18.9 Å². The van der Waals surface area contributed by atoms with Crippen LogP contribution in [0.5, 0.6) is 0 Å². The molecule has 7 heteroatoms. The standard InChI is InChI=1S/C12H14F2N2O3/c1-7(12(18)19)16(2)6-11(17)15-10-4-3-8(13)5-9(10)14/h3-5,7H,6H2,1-2H3,(H,15,17)(H,18,19). The van der Waals surface area contributed by atoms with Crippen molar-refractivity contribution in [3.63, 3.8) is 0 Å². The molecule has 0 heterocycles. The fourth-order valence-electron chi connectivity index (χ4n) is 1.33. The van der Waals surface area contributed by atoms with Crippen LogP contribution in [0, 0.1) is 11.6 Å². The van der Waals surface area contributed by atoms with E-state index in [9.17, 15) is 18.4 Å². The summed E-state index contributed by atoms with van der Waals surface area (Å²) in [5.41, 5.74) is -0.150. The van der Waals surface area contributed by atoms with Crippen molar-refractivity contribution in [2.75, 3.05) is 18.9 Å². The summed E-state index contributed by atoms with van der Waals surface area (Å²) in [6.45, 7) is 1.21. The molecule has 0 saturated carbocycles. The molecule has 5 nitrogen and oxygen atoms in total. The van der Waals surface area contributed by atoms with Gasteiger partial charge < -0.3 is 10.4 Å². The van der Waals surface area contributed by atoms with E-state index >= 15 is 0 Å². The van der Waals surface area contributed by atoms with Gasteiger partial charge in [0.05, 0.1) is 12.2 Å². The molecule has 1 aromatic carbocycles. The number of benzene rings is 1. The lowest BCUT2D eigenvalue weighted by atomic mass is 10.2. The maximum absolute atomic E-state index is 13.3. The number of amides is 1. The summed E-state index contributed by atoms with van der Waals surface area (Å²) < 4.78 is 25.9. The number of carboxylic acids is 1. The molecule has 1 atom stereocenters. The second-order valence-electron chi connectivity index (χ2n) is 4.10. The topological polar surface area (TPSA) is 69.6 Å². The first kappa shape index (κ1) is 15.0. The molecule has 2 N–H and O–H groups in total. The van der Waals surface area contributed by atoms with Gasteiger partial charge in [0.2, 0.25) is 5.91 Å². The fourth-order valence-corrected chi connectivity index (χ4v) is 1.33. The Balaban J connectivity index is 2.63. The molecule has 1 aromatic rings. The van der Waals surface area contributed by atoms with Crippen LogP contribution in [0.2, 0.25) is 0 Å². The van der Waals surface area contributed by atoms with Gasteiger partial charge in [-0.05, 0) is 26.1 Å². The number of aliphatic carboxylic acids is 1. The molecule has 104 valence electrons. The van der Waals surface area contributed by atoms with Gasteiger partial charge in [0, 0.05) is 6.07 Å². The van der Waals surface area contributed by atoms with Crippen LogP contribution in [0.3, 0.4) is 0 Å². The van der Waals surface area contributed by atoms with Crippen LogP contribution < -0.4 is 5.32 Å². The van der Waals surface area contributed by atoms with E-state index in [2.05, 4.69) is 5.32 Å². The van der Waals surface area contributed by atoms with Crippen molar-refractivity contribution < 1.29 is 23.5 Å². The predicted octanol–water partition coefficient (Wildman–Crippen LogP) is 1.31. The average Bonchev–Trinajstić information content (AvgIpc) is 2.31. The van der Waals surface area contributed by atoms with E-state index in [4.69, 9.17) is 5.11 Å². The number of carbonyl (C=O) groups excluding carboxylic acids is 1. The Hall–Kier alpha value is -2.02. The van der Waals surface area contributed by atoms with Crippen molar-refractivity contribution in [1.82, 2.24) is 4.90 Å². The number of hydrogen-bond donors (Lipinski definition) is 2. The maximum atomic E-state index is 13.3. The largest absolute Gasteiger partial charge is 0.480 e. The highest BCUT2D eigenvalue weighted by atomic mass is 19.1. The van der Waals surface area contributed by atoms with Gasteiger partial charge in [-0.3, -0.25) is 14.5 Å². The van der Waals surface area contributed by atoms with E-state index in [0.717, 1.165) is 12.1 Å². The quantitative estimate of drug-likeness (QED) is 0.848. The molecule has 0 spiro atoms. The van der Waals surface area contributed by atoms with Crippen LogP contribution in [-0.2, 0) is 9.59 Å². The highest BCUT2D eigenvalue weighted by molar-refractivity contribution is 5.92. The van der Waals surface area contributed by atoms with Gasteiger partial charge in [0.15, 0.2) is 0 Å². The number of hydrogen-bond acceptors (Lipinski definition) is 3. The molecule has 1 unspecified atom stereocenters. The Bertz CT molecular complexity index is 494. The van der Waals surface area contributed by atoms with Crippen LogP contribution in [0.15, 0.2) is 18.2 Å². The Kier molecular flexibility index (Phi) is 4.94. The molecule has 0 aliphatic rings. The molecule has 0 aliphatic heterocycles. The molecule has 0 aliphatic carbocycles.